The van der Waals surface area contributed by atoms with Gasteiger partial charge in [-0.05, 0) is 61.2 Å². The first kappa shape index (κ1) is 16.3. The van der Waals surface area contributed by atoms with Crippen molar-refractivity contribution in [3.05, 3.63) is 69.4 Å². The van der Waals surface area contributed by atoms with Crippen LogP contribution in [0, 0.1) is 20.8 Å². The number of nitrogens with zero attached hydrogens (tertiary/aromatic N) is 1. The average Bonchev–Trinajstić information content (AvgIpc) is 2.73. The van der Waals surface area contributed by atoms with Gasteiger partial charge in [-0.15, -0.1) is 0 Å². The molecule has 2 aromatic carbocycles. The molecule has 24 heavy (non-hydrogen) atoms. The van der Waals surface area contributed by atoms with Crippen LogP contribution in [0.5, 0.6) is 0 Å². The van der Waals surface area contributed by atoms with E-state index in [-0.39, 0.29) is 5.57 Å². The Kier molecular flexibility index (Phi) is 3.93. The van der Waals surface area contributed by atoms with Crippen LogP contribution in [0.3, 0.4) is 0 Å². The number of benzene rings is 2. The molecule has 0 saturated heterocycles. The highest BCUT2D eigenvalue weighted by atomic mass is 35.5. The molecule has 0 aliphatic carbocycles. The van der Waals surface area contributed by atoms with Crippen LogP contribution in [0.4, 0.5) is 5.69 Å². The van der Waals surface area contributed by atoms with Crippen LogP contribution in [0.15, 0.2) is 42.2 Å². The largest absolute Gasteiger partial charge is 0.502 e. The van der Waals surface area contributed by atoms with Crippen molar-refractivity contribution >= 4 is 34.7 Å². The smallest absolute Gasteiger partial charge is 0.301 e. The van der Waals surface area contributed by atoms with E-state index in [1.165, 1.54) is 0 Å². The first-order valence-corrected chi connectivity index (χ1v) is 7.85. The Morgan fingerprint density at radius 1 is 0.875 bits per heavy atom. The van der Waals surface area contributed by atoms with Gasteiger partial charge in [0.05, 0.1) is 11.3 Å². The summed E-state index contributed by atoms with van der Waals surface area (Å²) in [6.45, 7) is 5.63. The molecule has 0 aromatic heterocycles. The Labute approximate surface area is 145 Å². The maximum Gasteiger partial charge on any atom is 0.301 e. The van der Waals surface area contributed by atoms with Gasteiger partial charge in [-0.3, -0.25) is 9.59 Å². The zero-order valence-electron chi connectivity index (χ0n) is 13.6. The molecule has 0 fully saturated rings. The molecule has 1 aliphatic heterocycles. The van der Waals surface area contributed by atoms with Gasteiger partial charge in [0.15, 0.2) is 5.76 Å². The molecule has 2 amide bonds. The summed E-state index contributed by atoms with van der Waals surface area (Å²) in [6, 6.07) is 10.3. The molecule has 0 atom stereocenters. The van der Waals surface area contributed by atoms with Crippen molar-refractivity contribution < 1.29 is 14.7 Å². The maximum atomic E-state index is 12.8. The van der Waals surface area contributed by atoms with Gasteiger partial charge in [0, 0.05) is 5.02 Å². The van der Waals surface area contributed by atoms with E-state index in [0.717, 1.165) is 16.0 Å². The van der Waals surface area contributed by atoms with Crippen LogP contribution in [0.25, 0.3) is 5.57 Å². The lowest BCUT2D eigenvalue weighted by atomic mass is 10.00. The minimum absolute atomic E-state index is 0.0254. The Morgan fingerprint density at radius 3 is 2.21 bits per heavy atom. The number of anilines is 1. The summed E-state index contributed by atoms with van der Waals surface area (Å²) in [6.07, 6.45) is 0. The standard InChI is InChI=1S/C19H16ClNO3/c1-10-4-5-13(8-11(10)2)16-17(22)19(24)21(18(16)23)15-7-6-14(20)9-12(15)3/h4-9,22H,1-3H3. The van der Waals surface area contributed by atoms with Crippen LogP contribution < -0.4 is 4.90 Å². The van der Waals surface area contributed by atoms with E-state index >= 15 is 0 Å². The third-order valence-corrected chi connectivity index (χ3v) is 4.49. The number of imide groups is 1. The number of aliphatic hydroxyl groups excluding tert-OH is 1. The van der Waals surface area contributed by atoms with E-state index in [2.05, 4.69) is 0 Å². The molecule has 3 rings (SSSR count). The quantitative estimate of drug-likeness (QED) is 0.836. The van der Waals surface area contributed by atoms with Gasteiger partial charge in [0.1, 0.15) is 0 Å². The topological polar surface area (TPSA) is 57.6 Å². The van der Waals surface area contributed by atoms with Crippen LogP contribution in [-0.4, -0.2) is 16.9 Å². The molecule has 0 saturated carbocycles. The normalized spacial score (nSPS) is 14.8. The molecule has 1 N–H and O–H groups in total. The number of aliphatic hydroxyl groups is 1. The molecular weight excluding hydrogens is 326 g/mol. The molecule has 122 valence electrons. The van der Waals surface area contributed by atoms with Crippen molar-refractivity contribution in [2.75, 3.05) is 4.90 Å². The van der Waals surface area contributed by atoms with Crippen molar-refractivity contribution in [1.29, 1.82) is 0 Å². The van der Waals surface area contributed by atoms with E-state index in [1.54, 1.807) is 37.3 Å². The van der Waals surface area contributed by atoms with E-state index in [1.807, 2.05) is 19.9 Å². The molecule has 5 heteroatoms. The van der Waals surface area contributed by atoms with Crippen molar-refractivity contribution in [2.45, 2.75) is 20.8 Å². The summed E-state index contributed by atoms with van der Waals surface area (Å²) >= 11 is 5.93. The SMILES string of the molecule is Cc1ccc(C2=C(O)C(=O)N(c3ccc(Cl)cc3C)C2=O)cc1C. The van der Waals surface area contributed by atoms with Gasteiger partial charge in [0.2, 0.25) is 0 Å². The second-order valence-corrected chi connectivity index (χ2v) is 6.34. The summed E-state index contributed by atoms with van der Waals surface area (Å²) in [5.74, 6) is -1.79. The summed E-state index contributed by atoms with van der Waals surface area (Å²) in [5, 5.41) is 10.8. The Balaban J connectivity index is 2.09. The molecule has 0 radical (unpaired) electrons. The number of amides is 2. The molecule has 1 aliphatic rings. The van der Waals surface area contributed by atoms with E-state index < -0.39 is 17.6 Å². The average molecular weight is 342 g/mol. The second-order valence-electron chi connectivity index (χ2n) is 5.90. The monoisotopic (exact) mass is 341 g/mol. The fourth-order valence-corrected chi connectivity index (χ4v) is 2.99. The van der Waals surface area contributed by atoms with E-state index in [0.29, 0.717) is 21.8 Å². The number of rotatable bonds is 2. The third kappa shape index (κ3) is 2.49. The van der Waals surface area contributed by atoms with Gasteiger partial charge < -0.3 is 5.11 Å². The number of aryl methyl sites for hydroxylation is 3. The predicted molar refractivity (Wildman–Crippen MR) is 94.1 cm³/mol. The first-order valence-electron chi connectivity index (χ1n) is 7.47. The molecular formula is C19H16ClNO3. The van der Waals surface area contributed by atoms with Crippen molar-refractivity contribution in [2.24, 2.45) is 0 Å². The molecule has 0 bridgehead atoms. The molecule has 4 nitrogen and oxygen atoms in total. The van der Waals surface area contributed by atoms with E-state index in [4.69, 9.17) is 11.6 Å². The van der Waals surface area contributed by atoms with Gasteiger partial charge in [-0.2, -0.15) is 0 Å². The van der Waals surface area contributed by atoms with E-state index in [9.17, 15) is 14.7 Å². The van der Waals surface area contributed by atoms with Crippen LogP contribution in [0.1, 0.15) is 22.3 Å². The zero-order chi connectivity index (χ0) is 17.6. The van der Waals surface area contributed by atoms with Gasteiger partial charge in [0.25, 0.3) is 5.91 Å². The van der Waals surface area contributed by atoms with Crippen molar-refractivity contribution in [3.63, 3.8) is 0 Å². The van der Waals surface area contributed by atoms with Gasteiger partial charge >= 0.3 is 5.91 Å². The molecule has 0 spiro atoms. The van der Waals surface area contributed by atoms with Gasteiger partial charge in [-0.1, -0.05) is 29.8 Å². The summed E-state index contributed by atoms with van der Waals surface area (Å²) < 4.78 is 0. The molecule has 1 heterocycles. The lowest BCUT2D eigenvalue weighted by Crippen LogP contribution is -2.32. The second kappa shape index (κ2) is 5.80. The third-order valence-electron chi connectivity index (χ3n) is 4.25. The lowest BCUT2D eigenvalue weighted by Gasteiger charge is -2.17. The van der Waals surface area contributed by atoms with Gasteiger partial charge in [-0.25, -0.2) is 4.90 Å². The maximum absolute atomic E-state index is 12.8. The minimum atomic E-state index is -0.723. The van der Waals surface area contributed by atoms with Crippen molar-refractivity contribution in [3.8, 4) is 0 Å². The van der Waals surface area contributed by atoms with Crippen LogP contribution in [0.2, 0.25) is 5.02 Å². The number of halogens is 1. The highest BCUT2D eigenvalue weighted by molar-refractivity contribution is 6.45. The predicted octanol–water partition coefficient (Wildman–Crippen LogP) is 4.11. The number of carbonyl (C=O) groups excluding carboxylic acids is 2. The first-order chi connectivity index (χ1) is 11.3. The number of carbonyl (C=O) groups is 2. The zero-order valence-corrected chi connectivity index (χ0v) is 14.3. The Bertz CT molecular complexity index is 915. The lowest BCUT2D eigenvalue weighted by molar-refractivity contribution is -0.121. The fraction of sp³-hybridized carbons (Fsp3) is 0.158. The highest BCUT2D eigenvalue weighted by Gasteiger charge is 2.40. The fourth-order valence-electron chi connectivity index (χ4n) is 2.76. The summed E-state index contributed by atoms with van der Waals surface area (Å²) in [4.78, 5) is 26.3. The molecule has 0 unspecified atom stereocenters. The van der Waals surface area contributed by atoms with Crippen LogP contribution in [-0.2, 0) is 9.59 Å². The number of hydrogen-bond donors (Lipinski definition) is 1. The Hall–Kier alpha value is -2.59. The minimum Gasteiger partial charge on any atom is -0.502 e. The summed E-state index contributed by atoms with van der Waals surface area (Å²) in [5.41, 5.74) is 3.70. The Morgan fingerprint density at radius 2 is 1.58 bits per heavy atom. The summed E-state index contributed by atoms with van der Waals surface area (Å²) in [7, 11) is 0. The highest BCUT2D eigenvalue weighted by Crippen LogP contribution is 2.34. The molecule has 2 aromatic rings. The number of hydrogen-bond acceptors (Lipinski definition) is 3. The van der Waals surface area contributed by atoms with Crippen LogP contribution >= 0.6 is 11.6 Å². The van der Waals surface area contributed by atoms with Crippen molar-refractivity contribution in [1.82, 2.24) is 0 Å².